The van der Waals surface area contributed by atoms with E-state index in [1.54, 1.807) is 18.3 Å². The number of benzene rings is 2. The zero-order valence-electron chi connectivity index (χ0n) is 14.7. The highest BCUT2D eigenvalue weighted by Gasteiger charge is 2.13. The predicted octanol–water partition coefficient (Wildman–Crippen LogP) is 3.22. The number of halogens is 1. The van der Waals surface area contributed by atoms with Gasteiger partial charge in [0.2, 0.25) is 5.95 Å². The fourth-order valence-electron chi connectivity index (χ4n) is 2.32. The molecule has 0 saturated heterocycles. The van der Waals surface area contributed by atoms with Crippen LogP contribution in [0.25, 0.3) is 11.0 Å². The standard InChI is InChI=1S/C18H17ClN4O4/c1-25-15-8-11(7-12(19)17(15)27-10-16(24)26-2)9-20-23-18-21-13-5-3-4-6-14(13)22-18/h3-9H,10H2,1-2H3,(H2,21,22,23)/b20-9-. The van der Waals surface area contributed by atoms with Gasteiger partial charge in [0.1, 0.15) is 0 Å². The second kappa shape index (κ2) is 8.41. The molecule has 140 valence electrons. The quantitative estimate of drug-likeness (QED) is 0.366. The number of carbonyl (C=O) groups excluding carboxylic acids is 1. The van der Waals surface area contributed by atoms with Crippen LogP contribution in [-0.2, 0) is 9.53 Å². The number of esters is 1. The molecule has 3 rings (SSSR count). The molecule has 2 N–H and O–H groups in total. The Morgan fingerprint density at radius 2 is 2.15 bits per heavy atom. The number of rotatable bonds is 7. The molecule has 0 aliphatic carbocycles. The minimum Gasteiger partial charge on any atom is -0.493 e. The molecular formula is C18H17ClN4O4. The molecule has 0 fully saturated rings. The van der Waals surface area contributed by atoms with E-state index in [0.717, 1.165) is 11.0 Å². The highest BCUT2D eigenvalue weighted by Crippen LogP contribution is 2.36. The van der Waals surface area contributed by atoms with Crippen LogP contribution >= 0.6 is 11.6 Å². The number of nitrogens with one attached hydrogen (secondary N) is 2. The first-order valence-electron chi connectivity index (χ1n) is 7.91. The number of imidazole rings is 1. The van der Waals surface area contributed by atoms with E-state index in [0.29, 0.717) is 17.3 Å². The van der Waals surface area contributed by atoms with Crippen LogP contribution in [0.4, 0.5) is 5.95 Å². The maximum atomic E-state index is 11.2. The number of hydrogen-bond acceptors (Lipinski definition) is 7. The molecule has 2 aromatic carbocycles. The van der Waals surface area contributed by atoms with Crippen molar-refractivity contribution >= 4 is 40.8 Å². The summed E-state index contributed by atoms with van der Waals surface area (Å²) in [6.07, 6.45) is 1.56. The van der Waals surface area contributed by atoms with E-state index in [2.05, 4.69) is 25.2 Å². The molecule has 0 unspecified atom stereocenters. The largest absolute Gasteiger partial charge is 0.493 e. The van der Waals surface area contributed by atoms with Gasteiger partial charge in [-0.05, 0) is 29.8 Å². The Labute approximate surface area is 160 Å². The highest BCUT2D eigenvalue weighted by atomic mass is 35.5. The van der Waals surface area contributed by atoms with Crippen molar-refractivity contribution in [2.75, 3.05) is 26.3 Å². The van der Waals surface area contributed by atoms with Crippen molar-refractivity contribution in [1.82, 2.24) is 9.97 Å². The summed E-state index contributed by atoms with van der Waals surface area (Å²) in [5.41, 5.74) is 5.25. The van der Waals surface area contributed by atoms with Crippen LogP contribution in [0.15, 0.2) is 41.5 Å². The summed E-state index contributed by atoms with van der Waals surface area (Å²) in [5, 5.41) is 4.42. The van der Waals surface area contributed by atoms with Crippen LogP contribution in [0.1, 0.15) is 5.56 Å². The van der Waals surface area contributed by atoms with Crippen molar-refractivity contribution < 1.29 is 19.0 Å². The molecule has 9 heteroatoms. The number of nitrogens with zero attached hydrogens (tertiary/aromatic N) is 2. The second-order valence-corrected chi connectivity index (χ2v) is 5.78. The lowest BCUT2D eigenvalue weighted by molar-refractivity contribution is -0.142. The minimum atomic E-state index is -0.520. The van der Waals surface area contributed by atoms with Crippen molar-refractivity contribution in [3.8, 4) is 11.5 Å². The smallest absolute Gasteiger partial charge is 0.343 e. The first kappa shape index (κ1) is 18.5. The molecule has 1 aromatic heterocycles. The summed E-state index contributed by atoms with van der Waals surface area (Å²) in [5.74, 6) is 0.626. The van der Waals surface area contributed by atoms with Crippen LogP contribution in [-0.4, -0.2) is 43.0 Å². The number of fused-ring (bicyclic) bond motifs is 1. The molecule has 0 radical (unpaired) electrons. The Bertz CT molecular complexity index is 954. The number of aromatic amines is 1. The van der Waals surface area contributed by atoms with Crippen LogP contribution in [0, 0.1) is 0 Å². The first-order valence-corrected chi connectivity index (χ1v) is 8.29. The lowest BCUT2D eigenvalue weighted by Crippen LogP contribution is -2.13. The van der Waals surface area contributed by atoms with E-state index < -0.39 is 5.97 Å². The number of anilines is 1. The number of aromatic nitrogens is 2. The molecule has 0 atom stereocenters. The predicted molar refractivity (Wildman–Crippen MR) is 103 cm³/mol. The summed E-state index contributed by atoms with van der Waals surface area (Å²) >= 11 is 6.23. The fourth-order valence-corrected chi connectivity index (χ4v) is 2.59. The van der Waals surface area contributed by atoms with Gasteiger partial charge in [0.15, 0.2) is 18.1 Å². The van der Waals surface area contributed by atoms with Gasteiger partial charge in [-0.15, -0.1) is 0 Å². The normalized spacial score (nSPS) is 10.9. The molecule has 1 heterocycles. The van der Waals surface area contributed by atoms with Crippen LogP contribution in [0.2, 0.25) is 5.02 Å². The number of para-hydroxylation sites is 2. The highest BCUT2D eigenvalue weighted by molar-refractivity contribution is 6.32. The van der Waals surface area contributed by atoms with E-state index in [4.69, 9.17) is 21.1 Å². The molecule has 0 amide bonds. The Hall–Kier alpha value is -3.26. The molecule has 0 spiro atoms. The summed E-state index contributed by atoms with van der Waals surface area (Å²) in [6, 6.07) is 11.0. The molecule has 27 heavy (non-hydrogen) atoms. The summed E-state index contributed by atoms with van der Waals surface area (Å²) in [7, 11) is 2.75. The second-order valence-electron chi connectivity index (χ2n) is 5.37. The number of H-pyrrole nitrogens is 1. The third kappa shape index (κ3) is 4.48. The van der Waals surface area contributed by atoms with Gasteiger partial charge in [0.05, 0.1) is 36.5 Å². The average Bonchev–Trinajstić information content (AvgIpc) is 3.09. The Balaban J connectivity index is 1.73. The molecule has 3 aromatic rings. The minimum absolute atomic E-state index is 0.256. The van der Waals surface area contributed by atoms with Gasteiger partial charge in [-0.25, -0.2) is 15.2 Å². The Morgan fingerprint density at radius 3 is 2.89 bits per heavy atom. The van der Waals surface area contributed by atoms with Gasteiger partial charge in [-0.3, -0.25) is 0 Å². The molecular weight excluding hydrogens is 372 g/mol. The van der Waals surface area contributed by atoms with Crippen molar-refractivity contribution in [2.45, 2.75) is 0 Å². The van der Waals surface area contributed by atoms with Gasteiger partial charge in [0.25, 0.3) is 0 Å². The van der Waals surface area contributed by atoms with E-state index in [9.17, 15) is 4.79 Å². The van der Waals surface area contributed by atoms with E-state index in [1.165, 1.54) is 14.2 Å². The molecule has 0 bridgehead atoms. The number of hydrogen-bond donors (Lipinski definition) is 2. The van der Waals surface area contributed by atoms with Crippen LogP contribution in [0.5, 0.6) is 11.5 Å². The zero-order valence-corrected chi connectivity index (χ0v) is 15.4. The fraction of sp³-hybridized carbons (Fsp3) is 0.167. The number of methoxy groups -OCH3 is 2. The van der Waals surface area contributed by atoms with Gasteiger partial charge in [-0.1, -0.05) is 23.7 Å². The average molecular weight is 389 g/mol. The maximum absolute atomic E-state index is 11.2. The molecule has 0 saturated carbocycles. The summed E-state index contributed by atoms with van der Waals surface area (Å²) in [4.78, 5) is 18.7. The topological polar surface area (TPSA) is 97.8 Å². The van der Waals surface area contributed by atoms with E-state index in [-0.39, 0.29) is 17.4 Å². The third-order valence-corrected chi connectivity index (χ3v) is 3.87. The third-order valence-electron chi connectivity index (χ3n) is 3.59. The van der Waals surface area contributed by atoms with Crippen molar-refractivity contribution in [1.29, 1.82) is 0 Å². The van der Waals surface area contributed by atoms with Gasteiger partial charge >= 0.3 is 5.97 Å². The maximum Gasteiger partial charge on any atom is 0.343 e. The number of ether oxygens (including phenoxy) is 3. The lowest BCUT2D eigenvalue weighted by atomic mass is 10.2. The van der Waals surface area contributed by atoms with E-state index >= 15 is 0 Å². The van der Waals surface area contributed by atoms with Crippen LogP contribution < -0.4 is 14.9 Å². The van der Waals surface area contributed by atoms with E-state index in [1.807, 2.05) is 24.3 Å². The van der Waals surface area contributed by atoms with Crippen LogP contribution in [0.3, 0.4) is 0 Å². The van der Waals surface area contributed by atoms with Gasteiger partial charge < -0.3 is 19.2 Å². The zero-order chi connectivity index (χ0) is 19.2. The Morgan fingerprint density at radius 1 is 1.33 bits per heavy atom. The Kier molecular flexibility index (Phi) is 5.77. The number of carbonyl (C=O) groups is 1. The molecule has 0 aliphatic rings. The monoisotopic (exact) mass is 388 g/mol. The van der Waals surface area contributed by atoms with Crippen molar-refractivity contribution in [2.24, 2.45) is 5.10 Å². The van der Waals surface area contributed by atoms with Gasteiger partial charge in [-0.2, -0.15) is 5.10 Å². The van der Waals surface area contributed by atoms with Crippen molar-refractivity contribution in [3.63, 3.8) is 0 Å². The summed E-state index contributed by atoms with van der Waals surface area (Å²) in [6.45, 7) is -0.270. The van der Waals surface area contributed by atoms with Gasteiger partial charge in [0, 0.05) is 0 Å². The molecule has 0 aliphatic heterocycles. The molecule has 8 nitrogen and oxygen atoms in total. The lowest BCUT2D eigenvalue weighted by Gasteiger charge is -2.12. The van der Waals surface area contributed by atoms with Crippen molar-refractivity contribution in [3.05, 3.63) is 47.0 Å². The SMILES string of the molecule is COC(=O)COc1c(Cl)cc(/C=N\Nc2nc3ccccc3[nH]2)cc1OC. The number of hydrazone groups is 1. The first-order chi connectivity index (χ1) is 13.1. The summed E-state index contributed by atoms with van der Waals surface area (Å²) < 4.78 is 15.2.